The van der Waals surface area contributed by atoms with Crippen LogP contribution in [0.1, 0.15) is 20.8 Å². The van der Waals surface area contributed by atoms with E-state index in [1.54, 1.807) is 0 Å². The zero-order chi connectivity index (χ0) is 8.48. The van der Waals surface area contributed by atoms with E-state index in [1.165, 1.54) is 0 Å². The highest BCUT2D eigenvalue weighted by Gasteiger charge is 2.27. The second kappa shape index (κ2) is 2.81. The van der Waals surface area contributed by atoms with Crippen LogP contribution in [-0.4, -0.2) is 25.2 Å². The van der Waals surface area contributed by atoms with Crippen LogP contribution in [0.3, 0.4) is 0 Å². The fourth-order valence-electron chi connectivity index (χ4n) is 0.721. The Kier molecular flexibility index (Phi) is 2.18. The number of hydrogen-bond donors (Lipinski definition) is 1. The number of rotatable bonds is 1. The molecule has 0 unspecified atom stereocenters. The third-order valence-electron chi connectivity index (χ3n) is 1.65. The lowest BCUT2D eigenvalue weighted by Crippen LogP contribution is -2.51. The zero-order valence-corrected chi connectivity index (χ0v) is 7.31. The van der Waals surface area contributed by atoms with Crippen molar-refractivity contribution in [3.05, 3.63) is 0 Å². The average molecular weight is 157 g/mol. The van der Waals surface area contributed by atoms with Crippen molar-refractivity contribution in [3.63, 3.8) is 0 Å². The van der Waals surface area contributed by atoms with Crippen molar-refractivity contribution in [2.45, 2.75) is 26.8 Å². The van der Waals surface area contributed by atoms with E-state index in [2.05, 4.69) is 5.32 Å². The molecule has 3 heteroatoms. The largest absolute Gasteiger partial charge is 0.377 e. The van der Waals surface area contributed by atoms with Crippen LogP contribution in [0, 0.1) is 5.41 Å². The summed E-state index contributed by atoms with van der Waals surface area (Å²) in [6.45, 7) is 7.05. The molecule has 0 spiro atoms. The number of ether oxygens (including phenoxy) is 1. The van der Waals surface area contributed by atoms with Crippen LogP contribution in [0.5, 0.6) is 0 Å². The van der Waals surface area contributed by atoms with Crippen molar-refractivity contribution in [1.82, 2.24) is 5.32 Å². The predicted molar refractivity (Wildman–Crippen MR) is 42.2 cm³/mol. The fraction of sp³-hybridized carbons (Fsp3) is 0.875. The summed E-state index contributed by atoms with van der Waals surface area (Å²) in [5.74, 6) is 0.103. The average Bonchev–Trinajstić information content (AvgIpc) is 1.75. The maximum atomic E-state index is 11.3. The molecule has 0 atom stereocenters. The molecule has 11 heavy (non-hydrogen) atoms. The van der Waals surface area contributed by atoms with Gasteiger partial charge in [0.15, 0.2) is 0 Å². The fourth-order valence-corrected chi connectivity index (χ4v) is 0.721. The number of hydrogen-bond acceptors (Lipinski definition) is 2. The Morgan fingerprint density at radius 1 is 1.45 bits per heavy atom. The first-order valence-corrected chi connectivity index (χ1v) is 3.89. The minimum atomic E-state index is -0.282. The number of amides is 1. The minimum Gasteiger partial charge on any atom is -0.377 e. The van der Waals surface area contributed by atoms with Gasteiger partial charge in [0.25, 0.3) is 0 Å². The summed E-state index contributed by atoms with van der Waals surface area (Å²) in [5, 5.41) is 2.89. The van der Waals surface area contributed by atoms with E-state index in [1.807, 2.05) is 20.8 Å². The van der Waals surface area contributed by atoms with Crippen molar-refractivity contribution in [1.29, 1.82) is 0 Å². The summed E-state index contributed by atoms with van der Waals surface area (Å²) in [6.07, 6.45) is 0. The van der Waals surface area contributed by atoms with Crippen molar-refractivity contribution in [3.8, 4) is 0 Å². The summed E-state index contributed by atoms with van der Waals surface area (Å²) < 4.78 is 4.93. The maximum Gasteiger partial charge on any atom is 0.225 e. The molecule has 1 aliphatic rings. The van der Waals surface area contributed by atoms with Gasteiger partial charge in [-0.15, -0.1) is 0 Å². The molecule has 64 valence electrons. The van der Waals surface area contributed by atoms with E-state index in [0.29, 0.717) is 13.2 Å². The van der Waals surface area contributed by atoms with Crippen LogP contribution >= 0.6 is 0 Å². The van der Waals surface area contributed by atoms with Gasteiger partial charge in [-0.1, -0.05) is 20.8 Å². The van der Waals surface area contributed by atoms with E-state index in [-0.39, 0.29) is 17.4 Å². The lowest BCUT2D eigenvalue weighted by Gasteiger charge is -2.29. The second-order valence-electron chi connectivity index (χ2n) is 3.96. The first-order valence-electron chi connectivity index (χ1n) is 3.89. The monoisotopic (exact) mass is 157 g/mol. The van der Waals surface area contributed by atoms with Gasteiger partial charge in [0.05, 0.1) is 19.3 Å². The Morgan fingerprint density at radius 2 is 2.00 bits per heavy atom. The van der Waals surface area contributed by atoms with Crippen LogP contribution in [0.4, 0.5) is 0 Å². The second-order valence-corrected chi connectivity index (χ2v) is 3.96. The molecule has 1 N–H and O–H groups in total. The van der Waals surface area contributed by atoms with Gasteiger partial charge in [-0.2, -0.15) is 0 Å². The van der Waals surface area contributed by atoms with Gasteiger partial charge in [0.1, 0.15) is 0 Å². The molecule has 0 saturated carbocycles. The standard InChI is InChI=1S/C8H15NO2/c1-8(2,3)7(10)9-6-4-11-5-6/h6H,4-5H2,1-3H3,(H,9,10). The summed E-state index contributed by atoms with van der Waals surface area (Å²) in [7, 11) is 0. The van der Waals surface area contributed by atoms with E-state index in [0.717, 1.165) is 0 Å². The molecule has 1 heterocycles. The van der Waals surface area contributed by atoms with E-state index in [9.17, 15) is 4.79 Å². The van der Waals surface area contributed by atoms with Crippen LogP contribution < -0.4 is 5.32 Å². The third kappa shape index (κ3) is 2.19. The van der Waals surface area contributed by atoms with Gasteiger partial charge in [-0.3, -0.25) is 4.79 Å². The Balaban J connectivity index is 2.30. The predicted octanol–water partition coefficient (Wildman–Crippen LogP) is 0.547. The molecular formula is C8H15NO2. The SMILES string of the molecule is CC(C)(C)C(=O)NC1COC1. The quantitative estimate of drug-likeness (QED) is 0.603. The molecule has 1 rings (SSSR count). The Hall–Kier alpha value is -0.570. The normalized spacial score (nSPS) is 19.2. The molecule has 0 aromatic heterocycles. The molecule has 0 aliphatic carbocycles. The Labute approximate surface area is 67.1 Å². The van der Waals surface area contributed by atoms with E-state index < -0.39 is 0 Å². The van der Waals surface area contributed by atoms with Gasteiger partial charge in [0, 0.05) is 5.41 Å². The first kappa shape index (κ1) is 8.53. The van der Waals surface area contributed by atoms with E-state index >= 15 is 0 Å². The summed E-state index contributed by atoms with van der Waals surface area (Å²) in [5.41, 5.74) is -0.282. The third-order valence-corrected chi connectivity index (χ3v) is 1.65. The van der Waals surface area contributed by atoms with E-state index in [4.69, 9.17) is 4.74 Å². The van der Waals surface area contributed by atoms with Gasteiger partial charge in [-0.05, 0) is 0 Å². The number of nitrogens with one attached hydrogen (secondary N) is 1. The van der Waals surface area contributed by atoms with Crippen LogP contribution in [0.25, 0.3) is 0 Å². The maximum absolute atomic E-state index is 11.3. The molecule has 0 radical (unpaired) electrons. The number of carbonyl (C=O) groups is 1. The topological polar surface area (TPSA) is 38.3 Å². The highest BCUT2D eigenvalue weighted by Crippen LogP contribution is 2.13. The summed E-state index contributed by atoms with van der Waals surface area (Å²) >= 11 is 0. The molecule has 3 nitrogen and oxygen atoms in total. The zero-order valence-electron chi connectivity index (χ0n) is 7.31. The Morgan fingerprint density at radius 3 is 2.27 bits per heavy atom. The van der Waals surface area contributed by atoms with Crippen LogP contribution in [0.2, 0.25) is 0 Å². The van der Waals surface area contributed by atoms with Gasteiger partial charge >= 0.3 is 0 Å². The molecule has 1 aliphatic heterocycles. The summed E-state index contributed by atoms with van der Waals surface area (Å²) in [4.78, 5) is 11.3. The highest BCUT2D eigenvalue weighted by atomic mass is 16.5. The van der Waals surface area contributed by atoms with Gasteiger partial charge < -0.3 is 10.1 Å². The van der Waals surface area contributed by atoms with Crippen LogP contribution in [0.15, 0.2) is 0 Å². The molecule has 0 aromatic rings. The number of carbonyl (C=O) groups excluding carboxylic acids is 1. The molecular weight excluding hydrogens is 142 g/mol. The van der Waals surface area contributed by atoms with Crippen LogP contribution in [-0.2, 0) is 9.53 Å². The Bertz CT molecular complexity index is 156. The molecule has 1 fully saturated rings. The highest BCUT2D eigenvalue weighted by molar-refractivity contribution is 5.81. The molecule has 1 amide bonds. The molecule has 1 saturated heterocycles. The van der Waals surface area contributed by atoms with Crippen molar-refractivity contribution in [2.24, 2.45) is 5.41 Å². The molecule has 0 bridgehead atoms. The van der Waals surface area contributed by atoms with Crippen molar-refractivity contribution in [2.75, 3.05) is 13.2 Å². The smallest absolute Gasteiger partial charge is 0.225 e. The lowest BCUT2D eigenvalue weighted by atomic mass is 9.95. The minimum absolute atomic E-state index is 0.103. The van der Waals surface area contributed by atoms with Crippen molar-refractivity contribution >= 4 is 5.91 Å². The van der Waals surface area contributed by atoms with Gasteiger partial charge in [0.2, 0.25) is 5.91 Å². The lowest BCUT2D eigenvalue weighted by molar-refractivity contribution is -0.132. The summed E-state index contributed by atoms with van der Waals surface area (Å²) in [6, 6.07) is 0.252. The molecule has 0 aromatic carbocycles. The van der Waals surface area contributed by atoms with Crippen molar-refractivity contribution < 1.29 is 9.53 Å². The first-order chi connectivity index (χ1) is 5.00. The van der Waals surface area contributed by atoms with Gasteiger partial charge in [-0.25, -0.2) is 0 Å².